The lowest BCUT2D eigenvalue weighted by atomic mass is 9.79. The predicted octanol–water partition coefficient (Wildman–Crippen LogP) is 1.78. The van der Waals surface area contributed by atoms with E-state index in [9.17, 15) is 4.79 Å². The summed E-state index contributed by atoms with van der Waals surface area (Å²) in [4.78, 5) is 22.3. The van der Waals surface area contributed by atoms with Gasteiger partial charge in [0, 0.05) is 23.7 Å². The number of nitrogens with one attached hydrogen (secondary N) is 2. The summed E-state index contributed by atoms with van der Waals surface area (Å²) in [6.07, 6.45) is 5.98. The SMILES string of the molecule is C[C@@H]1[C@H](NC(=O)c2cc3cc[nH]c3cn2)C2CCN1CC2. The molecule has 5 heterocycles. The molecule has 0 spiro atoms. The number of fused-ring (bicyclic) bond motifs is 4. The fourth-order valence-electron chi connectivity index (χ4n) is 3.85. The van der Waals surface area contributed by atoms with Crippen molar-refractivity contribution in [2.24, 2.45) is 5.92 Å². The summed E-state index contributed by atoms with van der Waals surface area (Å²) in [5, 5.41) is 4.25. The Morgan fingerprint density at radius 2 is 2.24 bits per heavy atom. The maximum Gasteiger partial charge on any atom is 0.270 e. The van der Waals surface area contributed by atoms with Crippen molar-refractivity contribution in [2.45, 2.75) is 31.8 Å². The molecule has 3 saturated heterocycles. The summed E-state index contributed by atoms with van der Waals surface area (Å²) in [6.45, 7) is 4.57. The number of amides is 1. The van der Waals surface area contributed by atoms with Gasteiger partial charge in [0.2, 0.25) is 0 Å². The number of nitrogens with zero attached hydrogens (tertiary/aromatic N) is 2. The number of rotatable bonds is 2. The molecular weight excluding hydrogens is 264 g/mol. The summed E-state index contributed by atoms with van der Waals surface area (Å²) in [6, 6.07) is 4.50. The number of aromatic amines is 1. The number of piperidine rings is 3. The van der Waals surface area contributed by atoms with Crippen LogP contribution in [0.15, 0.2) is 24.5 Å². The average molecular weight is 284 g/mol. The molecule has 3 fully saturated rings. The number of carbonyl (C=O) groups is 1. The Kier molecular flexibility index (Phi) is 2.96. The van der Waals surface area contributed by atoms with Gasteiger partial charge in [0.05, 0.1) is 11.7 Å². The van der Waals surface area contributed by atoms with Crippen molar-refractivity contribution in [1.29, 1.82) is 0 Å². The van der Waals surface area contributed by atoms with E-state index < -0.39 is 0 Å². The largest absolute Gasteiger partial charge is 0.360 e. The Morgan fingerprint density at radius 3 is 3.00 bits per heavy atom. The molecule has 0 aromatic carbocycles. The molecule has 3 aliphatic rings. The molecule has 0 radical (unpaired) electrons. The van der Waals surface area contributed by atoms with Crippen LogP contribution in [-0.2, 0) is 0 Å². The minimum Gasteiger partial charge on any atom is -0.360 e. The number of pyridine rings is 1. The highest BCUT2D eigenvalue weighted by Gasteiger charge is 2.40. The zero-order valence-corrected chi connectivity index (χ0v) is 12.2. The lowest BCUT2D eigenvalue weighted by Gasteiger charge is -2.49. The Bertz CT molecular complexity index is 670. The Hall–Kier alpha value is -1.88. The first-order valence-electron chi connectivity index (χ1n) is 7.70. The van der Waals surface area contributed by atoms with E-state index in [2.05, 4.69) is 27.1 Å². The van der Waals surface area contributed by atoms with Gasteiger partial charge >= 0.3 is 0 Å². The summed E-state index contributed by atoms with van der Waals surface area (Å²) in [5.74, 6) is 0.564. The zero-order chi connectivity index (χ0) is 14.4. The molecule has 2 atom stereocenters. The molecule has 2 aromatic heterocycles. The van der Waals surface area contributed by atoms with Crippen LogP contribution in [0, 0.1) is 5.92 Å². The van der Waals surface area contributed by atoms with Crippen LogP contribution in [0.5, 0.6) is 0 Å². The molecule has 1 amide bonds. The molecule has 3 aliphatic heterocycles. The molecule has 5 nitrogen and oxygen atoms in total. The van der Waals surface area contributed by atoms with E-state index in [1.54, 1.807) is 6.20 Å². The van der Waals surface area contributed by atoms with E-state index in [4.69, 9.17) is 0 Å². The Morgan fingerprint density at radius 1 is 1.43 bits per heavy atom. The first-order chi connectivity index (χ1) is 10.2. The quantitative estimate of drug-likeness (QED) is 0.883. The van der Waals surface area contributed by atoms with E-state index in [-0.39, 0.29) is 11.9 Å². The minimum absolute atomic E-state index is 0.0521. The molecular formula is C16H20N4O. The Balaban J connectivity index is 1.54. The number of H-pyrrole nitrogens is 1. The smallest absolute Gasteiger partial charge is 0.270 e. The van der Waals surface area contributed by atoms with Crippen LogP contribution >= 0.6 is 0 Å². The van der Waals surface area contributed by atoms with Crippen molar-refractivity contribution < 1.29 is 4.79 Å². The van der Waals surface area contributed by atoms with Gasteiger partial charge in [-0.3, -0.25) is 9.69 Å². The van der Waals surface area contributed by atoms with Crippen LogP contribution in [0.25, 0.3) is 10.9 Å². The molecule has 5 heteroatoms. The molecule has 2 N–H and O–H groups in total. The van der Waals surface area contributed by atoms with Gasteiger partial charge in [0.1, 0.15) is 5.69 Å². The topological polar surface area (TPSA) is 61.0 Å². The van der Waals surface area contributed by atoms with E-state index in [0.29, 0.717) is 17.7 Å². The number of hydrogen-bond donors (Lipinski definition) is 2. The van der Waals surface area contributed by atoms with E-state index in [1.165, 1.54) is 25.9 Å². The third-order valence-electron chi connectivity index (χ3n) is 5.15. The molecule has 0 unspecified atom stereocenters. The molecule has 5 rings (SSSR count). The number of aromatic nitrogens is 2. The summed E-state index contributed by atoms with van der Waals surface area (Å²) in [7, 11) is 0. The number of carbonyl (C=O) groups excluding carboxylic acids is 1. The second-order valence-corrected chi connectivity index (χ2v) is 6.25. The normalized spacial score (nSPS) is 31.5. The highest BCUT2D eigenvalue weighted by molar-refractivity contribution is 5.96. The molecule has 0 aliphatic carbocycles. The predicted molar refractivity (Wildman–Crippen MR) is 81.1 cm³/mol. The Labute approximate surface area is 123 Å². The number of hydrogen-bond acceptors (Lipinski definition) is 3. The van der Waals surface area contributed by atoms with Crippen molar-refractivity contribution in [2.75, 3.05) is 13.1 Å². The zero-order valence-electron chi connectivity index (χ0n) is 12.2. The minimum atomic E-state index is -0.0521. The van der Waals surface area contributed by atoms with E-state index >= 15 is 0 Å². The van der Waals surface area contributed by atoms with E-state index in [0.717, 1.165) is 10.9 Å². The van der Waals surface area contributed by atoms with Crippen LogP contribution in [-0.4, -0.2) is 45.9 Å². The van der Waals surface area contributed by atoms with Gasteiger partial charge in [-0.1, -0.05) is 0 Å². The second-order valence-electron chi connectivity index (χ2n) is 6.25. The molecule has 110 valence electrons. The highest BCUT2D eigenvalue weighted by Crippen LogP contribution is 2.32. The third kappa shape index (κ3) is 2.12. The van der Waals surface area contributed by atoms with Crippen LogP contribution in [0.4, 0.5) is 0 Å². The van der Waals surface area contributed by atoms with Crippen LogP contribution in [0.3, 0.4) is 0 Å². The molecule has 21 heavy (non-hydrogen) atoms. The van der Waals surface area contributed by atoms with Gasteiger partial charge in [-0.15, -0.1) is 0 Å². The molecule has 0 saturated carbocycles. The maximum absolute atomic E-state index is 12.5. The third-order valence-corrected chi connectivity index (χ3v) is 5.15. The summed E-state index contributed by atoms with van der Waals surface area (Å²) in [5.41, 5.74) is 1.47. The summed E-state index contributed by atoms with van der Waals surface area (Å²) >= 11 is 0. The molecule has 2 aromatic rings. The average Bonchev–Trinajstić information content (AvgIpc) is 2.98. The van der Waals surface area contributed by atoms with E-state index in [1.807, 2.05) is 18.3 Å². The standard InChI is InChI=1S/C16H20N4O/c1-10-15(11-3-6-20(10)7-4-11)19-16(21)13-8-12-2-5-17-14(12)9-18-13/h2,5,8-11,15,17H,3-4,6-7H2,1H3,(H,19,21)/t10-,15+/m1/s1. The lowest BCUT2D eigenvalue weighted by Crippen LogP contribution is -2.62. The summed E-state index contributed by atoms with van der Waals surface area (Å²) < 4.78 is 0. The van der Waals surface area contributed by atoms with Gasteiger partial charge in [-0.25, -0.2) is 4.98 Å². The van der Waals surface area contributed by atoms with Gasteiger partial charge < -0.3 is 10.3 Å². The van der Waals surface area contributed by atoms with Crippen LogP contribution in [0.1, 0.15) is 30.3 Å². The van der Waals surface area contributed by atoms with Crippen LogP contribution < -0.4 is 5.32 Å². The van der Waals surface area contributed by atoms with Crippen molar-refractivity contribution in [3.8, 4) is 0 Å². The van der Waals surface area contributed by atoms with Crippen molar-refractivity contribution in [1.82, 2.24) is 20.2 Å². The highest BCUT2D eigenvalue weighted by atomic mass is 16.2. The fraction of sp³-hybridized carbons (Fsp3) is 0.500. The van der Waals surface area contributed by atoms with Crippen molar-refractivity contribution in [3.05, 3.63) is 30.2 Å². The maximum atomic E-state index is 12.5. The van der Waals surface area contributed by atoms with Gasteiger partial charge in [0.25, 0.3) is 5.91 Å². The van der Waals surface area contributed by atoms with Gasteiger partial charge in [-0.05, 0) is 50.9 Å². The van der Waals surface area contributed by atoms with Crippen molar-refractivity contribution >= 4 is 16.8 Å². The van der Waals surface area contributed by atoms with Crippen molar-refractivity contribution in [3.63, 3.8) is 0 Å². The lowest BCUT2D eigenvalue weighted by molar-refractivity contribution is 0.0216. The molecule has 2 bridgehead atoms. The van der Waals surface area contributed by atoms with Crippen LogP contribution in [0.2, 0.25) is 0 Å². The van der Waals surface area contributed by atoms with Gasteiger partial charge in [-0.2, -0.15) is 0 Å². The first kappa shape index (κ1) is 12.8. The monoisotopic (exact) mass is 284 g/mol. The first-order valence-corrected chi connectivity index (χ1v) is 7.70. The van der Waals surface area contributed by atoms with Gasteiger partial charge in [0.15, 0.2) is 0 Å². The fourth-order valence-corrected chi connectivity index (χ4v) is 3.85. The second kappa shape index (κ2) is 4.84.